The third-order valence-electron chi connectivity index (χ3n) is 2.82. The maximum absolute atomic E-state index is 12.2. The summed E-state index contributed by atoms with van der Waals surface area (Å²) in [5.41, 5.74) is 0.645. The van der Waals surface area contributed by atoms with Crippen LogP contribution >= 0.6 is 15.9 Å². The zero-order chi connectivity index (χ0) is 14.6. The lowest BCUT2D eigenvalue weighted by Crippen LogP contribution is -2.34. The number of halogens is 1. The minimum absolute atomic E-state index is 0.0192. The van der Waals surface area contributed by atoms with Crippen LogP contribution in [0.25, 0.3) is 0 Å². The van der Waals surface area contributed by atoms with Crippen molar-refractivity contribution in [2.45, 2.75) is 39.3 Å². The van der Waals surface area contributed by atoms with E-state index in [9.17, 15) is 9.00 Å². The molecule has 0 saturated heterocycles. The minimum atomic E-state index is -0.817. The van der Waals surface area contributed by atoms with Crippen LogP contribution in [0.15, 0.2) is 16.7 Å². The Labute approximate surface area is 125 Å². The van der Waals surface area contributed by atoms with Gasteiger partial charge in [-0.05, 0) is 49.2 Å². The Hall–Kier alpha value is -0.620. The first-order valence-electron chi connectivity index (χ1n) is 6.29. The summed E-state index contributed by atoms with van der Waals surface area (Å²) in [4.78, 5) is 12.2. The molecule has 0 aromatic carbocycles. The molecule has 1 aromatic heterocycles. The highest BCUT2D eigenvalue weighted by Crippen LogP contribution is 2.19. The van der Waals surface area contributed by atoms with Gasteiger partial charge in [0.15, 0.2) is 0 Å². The van der Waals surface area contributed by atoms with Gasteiger partial charge in [-0.15, -0.1) is 0 Å². The van der Waals surface area contributed by atoms with Gasteiger partial charge in [0.2, 0.25) is 0 Å². The van der Waals surface area contributed by atoms with Crippen molar-refractivity contribution in [3.63, 3.8) is 0 Å². The molecule has 1 N–H and O–H groups in total. The largest absolute Gasteiger partial charge is 0.348 e. The summed E-state index contributed by atoms with van der Waals surface area (Å²) in [6.45, 7) is 6.00. The van der Waals surface area contributed by atoms with Crippen LogP contribution in [-0.4, -0.2) is 32.7 Å². The molecule has 6 heteroatoms. The molecule has 0 spiro atoms. The first-order chi connectivity index (χ1) is 8.81. The number of nitrogens with one attached hydrogen (secondary N) is 1. The molecule has 0 saturated carbocycles. The highest BCUT2D eigenvalue weighted by Gasteiger charge is 2.16. The Balaban J connectivity index is 2.70. The fraction of sp³-hybridized carbons (Fsp3) is 0.615. The monoisotopic (exact) mass is 348 g/mol. The summed E-state index contributed by atoms with van der Waals surface area (Å²) in [5, 5.41) is 2.95. The van der Waals surface area contributed by atoms with E-state index in [-0.39, 0.29) is 18.0 Å². The number of carbonyl (C=O) groups excluding carboxylic acids is 1. The lowest BCUT2D eigenvalue weighted by Gasteiger charge is -2.16. The van der Waals surface area contributed by atoms with Gasteiger partial charge in [-0.1, -0.05) is 0 Å². The van der Waals surface area contributed by atoms with E-state index in [4.69, 9.17) is 0 Å². The number of hydrogen-bond acceptors (Lipinski definition) is 2. The van der Waals surface area contributed by atoms with Gasteiger partial charge in [0.25, 0.3) is 5.91 Å². The zero-order valence-corrected chi connectivity index (χ0v) is 14.2. The molecular formula is C13H21BrN2O2S. The normalized spacial score (nSPS) is 14.4. The molecule has 0 fully saturated rings. The Morgan fingerprint density at radius 2 is 2.11 bits per heavy atom. The maximum Gasteiger partial charge on any atom is 0.268 e. The van der Waals surface area contributed by atoms with Crippen molar-refractivity contribution in [1.82, 2.24) is 9.88 Å². The van der Waals surface area contributed by atoms with Crippen molar-refractivity contribution in [3.05, 3.63) is 22.4 Å². The van der Waals surface area contributed by atoms with Crippen LogP contribution in [0.4, 0.5) is 0 Å². The fourth-order valence-corrected chi connectivity index (χ4v) is 2.89. The topological polar surface area (TPSA) is 51.1 Å². The van der Waals surface area contributed by atoms with Gasteiger partial charge in [0, 0.05) is 45.6 Å². The van der Waals surface area contributed by atoms with Crippen molar-refractivity contribution < 1.29 is 9.00 Å². The van der Waals surface area contributed by atoms with E-state index in [1.807, 2.05) is 37.6 Å². The van der Waals surface area contributed by atoms with E-state index in [1.54, 1.807) is 6.26 Å². The second-order valence-electron chi connectivity index (χ2n) is 4.99. The second kappa shape index (κ2) is 7.24. The average molecular weight is 349 g/mol. The lowest BCUT2D eigenvalue weighted by atomic mass is 10.2. The van der Waals surface area contributed by atoms with E-state index in [2.05, 4.69) is 21.2 Å². The van der Waals surface area contributed by atoms with Crippen LogP contribution in [0.1, 0.15) is 43.7 Å². The maximum atomic E-state index is 12.2. The van der Waals surface area contributed by atoms with Gasteiger partial charge >= 0.3 is 0 Å². The van der Waals surface area contributed by atoms with Gasteiger partial charge in [-0.2, -0.15) is 0 Å². The highest BCUT2D eigenvalue weighted by atomic mass is 79.9. The molecule has 2 atom stereocenters. The van der Waals surface area contributed by atoms with Crippen molar-refractivity contribution in [2.24, 2.45) is 0 Å². The molecule has 0 aliphatic rings. The third kappa shape index (κ3) is 5.10. The molecule has 1 rings (SSSR count). The van der Waals surface area contributed by atoms with E-state index in [0.717, 1.165) is 10.9 Å². The molecule has 0 aliphatic carbocycles. The smallest absolute Gasteiger partial charge is 0.268 e. The van der Waals surface area contributed by atoms with E-state index in [0.29, 0.717) is 11.4 Å². The van der Waals surface area contributed by atoms with Crippen molar-refractivity contribution in [2.75, 3.05) is 12.0 Å². The predicted molar refractivity (Wildman–Crippen MR) is 83.0 cm³/mol. The van der Waals surface area contributed by atoms with Crippen molar-refractivity contribution >= 4 is 32.6 Å². The molecular weight excluding hydrogens is 328 g/mol. The summed E-state index contributed by atoms with van der Waals surface area (Å²) in [7, 11) is -0.817. The number of aromatic nitrogens is 1. The third-order valence-corrected chi connectivity index (χ3v) is 4.06. The molecule has 19 heavy (non-hydrogen) atoms. The van der Waals surface area contributed by atoms with E-state index >= 15 is 0 Å². The van der Waals surface area contributed by atoms with Crippen LogP contribution < -0.4 is 5.32 Å². The summed E-state index contributed by atoms with van der Waals surface area (Å²) in [6, 6.07) is 2.07. The van der Waals surface area contributed by atoms with E-state index < -0.39 is 10.8 Å². The van der Waals surface area contributed by atoms with Gasteiger partial charge in [0.1, 0.15) is 5.69 Å². The summed E-state index contributed by atoms with van der Waals surface area (Å²) >= 11 is 3.39. The molecule has 1 amide bonds. The number of carbonyl (C=O) groups is 1. The Kier molecular flexibility index (Phi) is 6.26. The first-order valence-corrected chi connectivity index (χ1v) is 8.81. The van der Waals surface area contributed by atoms with Crippen molar-refractivity contribution in [1.29, 1.82) is 0 Å². The van der Waals surface area contributed by atoms with E-state index in [1.165, 1.54) is 0 Å². The Bertz CT molecular complexity index is 471. The number of nitrogens with zero attached hydrogens (tertiary/aromatic N) is 1. The number of hydrogen-bond donors (Lipinski definition) is 1. The van der Waals surface area contributed by atoms with Gasteiger partial charge < -0.3 is 9.88 Å². The SMILES string of the molecule is CC(CCS(C)=O)NC(=O)c1cc(Br)cn1C(C)C. The van der Waals surface area contributed by atoms with Crippen LogP contribution in [0, 0.1) is 0 Å². The summed E-state index contributed by atoms with van der Waals surface area (Å²) < 4.78 is 13.9. The number of amides is 1. The Morgan fingerprint density at radius 3 is 2.63 bits per heavy atom. The quantitative estimate of drug-likeness (QED) is 0.859. The van der Waals surface area contributed by atoms with Gasteiger partial charge in [-0.25, -0.2) is 0 Å². The average Bonchev–Trinajstić information content (AvgIpc) is 2.69. The lowest BCUT2D eigenvalue weighted by molar-refractivity contribution is 0.0928. The predicted octanol–water partition coefficient (Wildman–Crippen LogP) is 2.72. The fourth-order valence-electron chi connectivity index (χ4n) is 1.77. The molecule has 0 bridgehead atoms. The molecule has 2 unspecified atom stereocenters. The van der Waals surface area contributed by atoms with Crippen LogP contribution in [0.5, 0.6) is 0 Å². The van der Waals surface area contributed by atoms with Crippen LogP contribution in [0.2, 0.25) is 0 Å². The molecule has 1 heterocycles. The zero-order valence-electron chi connectivity index (χ0n) is 11.8. The molecule has 0 aliphatic heterocycles. The highest BCUT2D eigenvalue weighted by molar-refractivity contribution is 9.10. The number of rotatable bonds is 6. The van der Waals surface area contributed by atoms with Gasteiger partial charge in [-0.3, -0.25) is 9.00 Å². The Morgan fingerprint density at radius 1 is 1.47 bits per heavy atom. The van der Waals surface area contributed by atoms with Gasteiger partial charge in [0.05, 0.1) is 0 Å². The van der Waals surface area contributed by atoms with Crippen LogP contribution in [-0.2, 0) is 10.8 Å². The standard InChI is InChI=1S/C13H21BrN2O2S/c1-9(2)16-8-11(14)7-12(16)13(17)15-10(3)5-6-19(4)18/h7-10H,5-6H2,1-4H3,(H,15,17). The molecule has 0 radical (unpaired) electrons. The molecule has 4 nitrogen and oxygen atoms in total. The summed E-state index contributed by atoms with van der Waals surface area (Å²) in [6.07, 6.45) is 4.30. The second-order valence-corrected chi connectivity index (χ2v) is 7.46. The molecule has 1 aromatic rings. The summed E-state index contributed by atoms with van der Waals surface area (Å²) in [5.74, 6) is 0.518. The molecule has 108 valence electrons. The minimum Gasteiger partial charge on any atom is -0.348 e. The van der Waals surface area contributed by atoms with Crippen LogP contribution in [0.3, 0.4) is 0 Å². The first kappa shape index (κ1) is 16.4. The van der Waals surface area contributed by atoms with Crippen molar-refractivity contribution in [3.8, 4) is 0 Å².